The van der Waals surface area contributed by atoms with E-state index in [1.807, 2.05) is 24.3 Å². The fourth-order valence-corrected chi connectivity index (χ4v) is 1.56. The van der Waals surface area contributed by atoms with Crippen LogP contribution in [0.1, 0.15) is 12.0 Å². The molecule has 0 spiro atoms. The Morgan fingerprint density at radius 1 is 1.32 bits per heavy atom. The van der Waals surface area contributed by atoms with Gasteiger partial charge in [-0.1, -0.05) is 18.2 Å². The number of amides is 1. The second kappa shape index (κ2) is 5.97. The van der Waals surface area contributed by atoms with E-state index in [-0.39, 0.29) is 0 Å². The van der Waals surface area contributed by atoms with Gasteiger partial charge >= 0.3 is 0 Å². The minimum Gasteiger partial charge on any atom is -0.439 e. The Labute approximate surface area is 111 Å². The van der Waals surface area contributed by atoms with Gasteiger partial charge in [0.15, 0.2) is 0 Å². The van der Waals surface area contributed by atoms with Crippen molar-refractivity contribution >= 4 is 11.8 Å². The summed E-state index contributed by atoms with van der Waals surface area (Å²) in [6.07, 6.45) is 5.39. The van der Waals surface area contributed by atoms with Crippen LogP contribution in [0.5, 0.6) is 5.75 Å². The zero-order valence-corrected chi connectivity index (χ0v) is 10.4. The summed E-state index contributed by atoms with van der Waals surface area (Å²) in [7, 11) is 0. The molecule has 98 valence electrons. The molecule has 1 aliphatic heterocycles. The molecule has 4 N–H and O–H groups in total. The monoisotopic (exact) mass is 257 g/mol. The third kappa shape index (κ3) is 3.53. The summed E-state index contributed by atoms with van der Waals surface area (Å²) < 4.78 is 5.59. The highest BCUT2D eigenvalue weighted by atomic mass is 16.5. The van der Waals surface area contributed by atoms with E-state index in [4.69, 9.17) is 16.2 Å². The van der Waals surface area contributed by atoms with E-state index in [0.717, 1.165) is 5.56 Å². The lowest BCUT2D eigenvalue weighted by atomic mass is 10.2. The first kappa shape index (κ1) is 13.0. The van der Waals surface area contributed by atoms with Gasteiger partial charge in [-0.3, -0.25) is 4.79 Å². The lowest BCUT2D eigenvalue weighted by Gasteiger charge is -2.04. The summed E-state index contributed by atoms with van der Waals surface area (Å²) in [5, 5.41) is 0. The SMILES string of the molecule is NCc1ccc(OC2=NC=C(C(N)=O)CC=C2)cc1. The molecule has 2 rings (SSSR count). The predicted octanol–water partition coefficient (Wildman–Crippen LogP) is 1.25. The predicted molar refractivity (Wildman–Crippen MR) is 73.4 cm³/mol. The number of benzene rings is 1. The van der Waals surface area contributed by atoms with Crippen LogP contribution in [0.15, 0.2) is 53.2 Å². The summed E-state index contributed by atoms with van der Waals surface area (Å²) in [5.41, 5.74) is 12.2. The molecule has 1 aromatic rings. The molecule has 1 heterocycles. The quantitative estimate of drug-likeness (QED) is 0.853. The zero-order chi connectivity index (χ0) is 13.7. The molecule has 0 aromatic heterocycles. The molecule has 19 heavy (non-hydrogen) atoms. The summed E-state index contributed by atoms with van der Waals surface area (Å²) in [5.74, 6) is 0.607. The van der Waals surface area contributed by atoms with Crippen LogP contribution in [0.4, 0.5) is 0 Å². The lowest BCUT2D eigenvalue weighted by molar-refractivity contribution is -0.114. The first-order chi connectivity index (χ1) is 9.19. The van der Waals surface area contributed by atoms with Gasteiger partial charge in [-0.15, -0.1) is 0 Å². The maximum absolute atomic E-state index is 11.0. The average Bonchev–Trinajstić information content (AvgIpc) is 2.65. The molecule has 1 aliphatic rings. The van der Waals surface area contributed by atoms with Gasteiger partial charge in [0, 0.05) is 18.3 Å². The first-order valence-electron chi connectivity index (χ1n) is 5.89. The van der Waals surface area contributed by atoms with Crippen molar-refractivity contribution in [1.82, 2.24) is 0 Å². The zero-order valence-electron chi connectivity index (χ0n) is 10.4. The van der Waals surface area contributed by atoms with Crippen molar-refractivity contribution in [2.75, 3.05) is 0 Å². The van der Waals surface area contributed by atoms with Crippen LogP contribution in [-0.2, 0) is 11.3 Å². The fourth-order valence-electron chi connectivity index (χ4n) is 1.56. The van der Waals surface area contributed by atoms with Crippen LogP contribution in [-0.4, -0.2) is 11.8 Å². The highest BCUT2D eigenvalue weighted by Crippen LogP contribution is 2.14. The molecule has 0 unspecified atom stereocenters. The van der Waals surface area contributed by atoms with Crippen molar-refractivity contribution < 1.29 is 9.53 Å². The molecule has 0 atom stereocenters. The number of ether oxygens (including phenoxy) is 1. The number of rotatable bonds is 3. The standard InChI is InChI=1S/C14H15N3O2/c15-8-10-4-6-12(7-5-10)19-13-3-1-2-11(9-17-13)14(16)18/h1,3-7,9H,2,8,15H2,(H2,16,18). The van der Waals surface area contributed by atoms with Crippen molar-refractivity contribution in [1.29, 1.82) is 0 Å². The Hall–Kier alpha value is -2.40. The number of hydrogen-bond donors (Lipinski definition) is 2. The number of hydrogen-bond acceptors (Lipinski definition) is 4. The van der Waals surface area contributed by atoms with Gasteiger partial charge in [0.1, 0.15) is 5.75 Å². The maximum Gasteiger partial charge on any atom is 0.246 e. The molecule has 0 aliphatic carbocycles. The second-order valence-corrected chi connectivity index (χ2v) is 4.04. The topological polar surface area (TPSA) is 90.7 Å². The van der Waals surface area contributed by atoms with E-state index in [1.165, 1.54) is 6.20 Å². The van der Waals surface area contributed by atoms with Crippen LogP contribution >= 0.6 is 0 Å². The third-order valence-electron chi connectivity index (χ3n) is 2.64. The molecule has 5 nitrogen and oxygen atoms in total. The van der Waals surface area contributed by atoms with Crippen LogP contribution < -0.4 is 16.2 Å². The van der Waals surface area contributed by atoms with Gasteiger partial charge in [-0.25, -0.2) is 4.99 Å². The number of primary amides is 1. The molecule has 0 radical (unpaired) electrons. The molecular weight excluding hydrogens is 242 g/mol. The molecule has 0 bridgehead atoms. The number of nitrogens with zero attached hydrogens (tertiary/aromatic N) is 1. The second-order valence-electron chi connectivity index (χ2n) is 4.04. The van der Waals surface area contributed by atoms with E-state index < -0.39 is 5.91 Å². The smallest absolute Gasteiger partial charge is 0.246 e. The molecule has 0 fully saturated rings. The van der Waals surface area contributed by atoms with Gasteiger partial charge in [0.25, 0.3) is 0 Å². The van der Waals surface area contributed by atoms with Gasteiger partial charge in [0.05, 0.1) is 0 Å². The van der Waals surface area contributed by atoms with Crippen molar-refractivity contribution in [3.8, 4) is 5.75 Å². The Morgan fingerprint density at radius 3 is 2.68 bits per heavy atom. The van der Waals surface area contributed by atoms with E-state index in [1.54, 1.807) is 12.2 Å². The largest absolute Gasteiger partial charge is 0.439 e. The van der Waals surface area contributed by atoms with Crippen molar-refractivity contribution in [2.45, 2.75) is 13.0 Å². The number of carbonyl (C=O) groups is 1. The normalized spacial score (nSPS) is 14.4. The summed E-state index contributed by atoms with van der Waals surface area (Å²) in [6.45, 7) is 0.492. The fraction of sp³-hybridized carbons (Fsp3) is 0.143. The molecular formula is C14H15N3O2. The Bertz CT molecular complexity index is 557. The summed E-state index contributed by atoms with van der Waals surface area (Å²) in [4.78, 5) is 15.1. The Kier molecular flexibility index (Phi) is 4.10. The van der Waals surface area contributed by atoms with Crippen molar-refractivity contribution in [3.05, 3.63) is 53.8 Å². The van der Waals surface area contributed by atoms with Crippen LogP contribution in [0.2, 0.25) is 0 Å². The van der Waals surface area contributed by atoms with Crippen LogP contribution in [0.3, 0.4) is 0 Å². The highest BCUT2D eigenvalue weighted by molar-refractivity contribution is 5.95. The minimum atomic E-state index is -0.470. The number of carbonyl (C=O) groups excluding carboxylic acids is 1. The lowest BCUT2D eigenvalue weighted by Crippen LogP contribution is -2.13. The van der Waals surface area contributed by atoms with Gasteiger partial charge in [-0.2, -0.15) is 0 Å². The summed E-state index contributed by atoms with van der Waals surface area (Å²) in [6, 6.07) is 7.42. The van der Waals surface area contributed by atoms with Gasteiger partial charge < -0.3 is 16.2 Å². The average molecular weight is 257 g/mol. The van der Waals surface area contributed by atoms with Crippen molar-refractivity contribution in [2.24, 2.45) is 16.5 Å². The first-order valence-corrected chi connectivity index (χ1v) is 5.89. The summed E-state index contributed by atoms with van der Waals surface area (Å²) >= 11 is 0. The number of nitrogens with two attached hydrogens (primary N) is 2. The number of aliphatic imine (C=N–C) groups is 1. The van der Waals surface area contributed by atoms with E-state index in [9.17, 15) is 4.79 Å². The Morgan fingerprint density at radius 2 is 2.05 bits per heavy atom. The number of allylic oxidation sites excluding steroid dienone is 1. The van der Waals surface area contributed by atoms with Gasteiger partial charge in [-0.05, 0) is 30.2 Å². The van der Waals surface area contributed by atoms with Crippen LogP contribution in [0, 0.1) is 0 Å². The molecule has 1 aromatic carbocycles. The molecule has 1 amide bonds. The van der Waals surface area contributed by atoms with Gasteiger partial charge in [0.2, 0.25) is 11.8 Å². The van der Waals surface area contributed by atoms with E-state index in [2.05, 4.69) is 4.99 Å². The van der Waals surface area contributed by atoms with E-state index >= 15 is 0 Å². The maximum atomic E-state index is 11.0. The minimum absolute atomic E-state index is 0.414. The Balaban J connectivity index is 2.12. The molecule has 0 saturated heterocycles. The van der Waals surface area contributed by atoms with Crippen LogP contribution in [0.25, 0.3) is 0 Å². The highest BCUT2D eigenvalue weighted by Gasteiger charge is 2.07. The van der Waals surface area contributed by atoms with E-state index in [0.29, 0.717) is 30.2 Å². The molecule has 0 saturated carbocycles. The molecule has 5 heteroatoms. The third-order valence-corrected chi connectivity index (χ3v) is 2.64. The van der Waals surface area contributed by atoms with Crippen molar-refractivity contribution in [3.63, 3.8) is 0 Å².